The fraction of sp³-hybridized carbons (Fsp3) is 0.118. The van der Waals surface area contributed by atoms with Crippen LogP contribution in [-0.4, -0.2) is 18.2 Å². The van der Waals surface area contributed by atoms with Gasteiger partial charge in [-0.1, -0.05) is 29.8 Å². The molecule has 4 heteroatoms. The maximum Gasteiger partial charge on any atom is 0.336 e. The molecule has 0 bridgehead atoms. The standard InChI is InChI=1S/C17H15ClO3/c1-11-8-13(6-7-16(11)21-2)15(17(19)20)10-12-4-3-5-14(18)9-12/h3-10H,1-2H3,(H,19,20)/b15-10-. The largest absolute Gasteiger partial charge is 0.496 e. The third-order valence-corrected chi connectivity index (χ3v) is 3.33. The Morgan fingerprint density at radius 1 is 1.24 bits per heavy atom. The molecule has 0 heterocycles. The molecule has 2 aromatic carbocycles. The van der Waals surface area contributed by atoms with Gasteiger partial charge < -0.3 is 9.84 Å². The Balaban J connectivity index is 2.49. The molecular weight excluding hydrogens is 288 g/mol. The number of carboxylic acid groups (broad SMARTS) is 1. The van der Waals surface area contributed by atoms with E-state index in [0.717, 1.165) is 16.9 Å². The van der Waals surface area contributed by atoms with Crippen molar-refractivity contribution in [3.63, 3.8) is 0 Å². The molecule has 0 radical (unpaired) electrons. The minimum Gasteiger partial charge on any atom is -0.496 e. The number of methoxy groups -OCH3 is 1. The van der Waals surface area contributed by atoms with Gasteiger partial charge in [-0.3, -0.25) is 0 Å². The predicted octanol–water partition coefficient (Wildman–Crippen LogP) is 4.28. The summed E-state index contributed by atoms with van der Waals surface area (Å²) in [6, 6.07) is 12.4. The molecular formula is C17H15ClO3. The fourth-order valence-corrected chi connectivity index (χ4v) is 2.28. The van der Waals surface area contributed by atoms with Gasteiger partial charge >= 0.3 is 5.97 Å². The monoisotopic (exact) mass is 302 g/mol. The summed E-state index contributed by atoms with van der Waals surface area (Å²) < 4.78 is 5.19. The molecule has 1 N–H and O–H groups in total. The zero-order valence-corrected chi connectivity index (χ0v) is 12.5. The van der Waals surface area contributed by atoms with Gasteiger partial charge in [-0.25, -0.2) is 4.79 Å². The Kier molecular flexibility index (Phi) is 4.66. The van der Waals surface area contributed by atoms with Crippen molar-refractivity contribution in [3.8, 4) is 5.75 Å². The first-order valence-corrected chi connectivity index (χ1v) is 6.74. The van der Waals surface area contributed by atoms with Crippen LogP contribution in [0.25, 0.3) is 11.6 Å². The molecule has 0 saturated heterocycles. The summed E-state index contributed by atoms with van der Waals surface area (Å²) >= 11 is 5.93. The van der Waals surface area contributed by atoms with Gasteiger partial charge in [-0.15, -0.1) is 0 Å². The summed E-state index contributed by atoms with van der Waals surface area (Å²) in [6.45, 7) is 1.88. The molecule has 0 saturated carbocycles. The molecule has 3 nitrogen and oxygen atoms in total. The van der Waals surface area contributed by atoms with Gasteiger partial charge in [0.25, 0.3) is 0 Å². The topological polar surface area (TPSA) is 46.5 Å². The molecule has 0 aromatic heterocycles. The average Bonchev–Trinajstić information content (AvgIpc) is 2.44. The molecule has 108 valence electrons. The minimum absolute atomic E-state index is 0.211. The van der Waals surface area contributed by atoms with Crippen LogP contribution in [0.1, 0.15) is 16.7 Å². The highest BCUT2D eigenvalue weighted by molar-refractivity contribution is 6.30. The highest BCUT2D eigenvalue weighted by atomic mass is 35.5. The van der Waals surface area contributed by atoms with Crippen LogP contribution < -0.4 is 4.74 Å². The number of rotatable bonds is 4. The van der Waals surface area contributed by atoms with Crippen molar-refractivity contribution in [1.82, 2.24) is 0 Å². The number of ether oxygens (including phenoxy) is 1. The van der Waals surface area contributed by atoms with Crippen molar-refractivity contribution in [2.24, 2.45) is 0 Å². The number of benzene rings is 2. The summed E-state index contributed by atoms with van der Waals surface area (Å²) in [4.78, 5) is 11.5. The maximum atomic E-state index is 11.5. The SMILES string of the molecule is COc1ccc(/C(=C/c2cccc(Cl)c2)C(=O)O)cc1C. The molecule has 2 aromatic rings. The predicted molar refractivity (Wildman–Crippen MR) is 84.7 cm³/mol. The second-order valence-corrected chi connectivity index (χ2v) is 5.04. The minimum atomic E-state index is -0.987. The van der Waals surface area contributed by atoms with Gasteiger partial charge in [0.1, 0.15) is 5.75 Å². The second kappa shape index (κ2) is 6.46. The average molecular weight is 303 g/mol. The van der Waals surface area contributed by atoms with Crippen molar-refractivity contribution < 1.29 is 14.6 Å². The van der Waals surface area contributed by atoms with E-state index in [9.17, 15) is 9.90 Å². The van der Waals surface area contributed by atoms with E-state index in [1.165, 1.54) is 0 Å². The number of carboxylic acids is 1. The molecule has 0 atom stereocenters. The summed E-state index contributed by atoms with van der Waals surface area (Å²) in [5.41, 5.74) is 2.46. The number of hydrogen-bond donors (Lipinski definition) is 1. The van der Waals surface area contributed by atoms with Gasteiger partial charge in [-0.05, 0) is 54.0 Å². The summed E-state index contributed by atoms with van der Waals surface area (Å²) in [7, 11) is 1.59. The third-order valence-electron chi connectivity index (χ3n) is 3.10. The first kappa shape index (κ1) is 15.1. The Hall–Kier alpha value is -2.26. The molecule has 0 aliphatic carbocycles. The first-order chi connectivity index (χ1) is 10.0. The highest BCUT2D eigenvalue weighted by Crippen LogP contribution is 2.25. The van der Waals surface area contributed by atoms with E-state index in [1.54, 1.807) is 49.6 Å². The lowest BCUT2D eigenvalue weighted by molar-refractivity contribution is -0.130. The quantitative estimate of drug-likeness (QED) is 0.677. The molecule has 0 fully saturated rings. The Labute approximate surface area is 128 Å². The van der Waals surface area contributed by atoms with E-state index in [4.69, 9.17) is 16.3 Å². The molecule has 2 rings (SSSR count). The van der Waals surface area contributed by atoms with Crippen molar-refractivity contribution in [2.45, 2.75) is 6.92 Å². The van der Waals surface area contributed by atoms with Crippen LogP contribution in [-0.2, 0) is 4.79 Å². The van der Waals surface area contributed by atoms with E-state index >= 15 is 0 Å². The van der Waals surface area contributed by atoms with Crippen LogP contribution in [0.5, 0.6) is 5.75 Å². The summed E-state index contributed by atoms with van der Waals surface area (Å²) in [5, 5.41) is 10.0. The second-order valence-electron chi connectivity index (χ2n) is 4.60. The zero-order valence-electron chi connectivity index (χ0n) is 11.8. The van der Waals surface area contributed by atoms with Gasteiger partial charge in [0, 0.05) is 5.02 Å². The lowest BCUT2D eigenvalue weighted by Crippen LogP contribution is -2.00. The maximum absolute atomic E-state index is 11.5. The number of hydrogen-bond acceptors (Lipinski definition) is 2. The first-order valence-electron chi connectivity index (χ1n) is 6.37. The van der Waals surface area contributed by atoms with Gasteiger partial charge in [0.05, 0.1) is 12.7 Å². The van der Waals surface area contributed by atoms with E-state index in [-0.39, 0.29) is 5.57 Å². The summed E-state index contributed by atoms with van der Waals surface area (Å²) in [5.74, 6) is -0.259. The highest BCUT2D eigenvalue weighted by Gasteiger charge is 2.12. The van der Waals surface area contributed by atoms with Gasteiger partial charge in [0.15, 0.2) is 0 Å². The lowest BCUT2D eigenvalue weighted by Gasteiger charge is -2.08. The molecule has 0 amide bonds. The van der Waals surface area contributed by atoms with E-state index in [0.29, 0.717) is 10.6 Å². The smallest absolute Gasteiger partial charge is 0.336 e. The third kappa shape index (κ3) is 3.64. The van der Waals surface area contributed by atoms with Gasteiger partial charge in [-0.2, -0.15) is 0 Å². The summed E-state index contributed by atoms with van der Waals surface area (Å²) in [6.07, 6.45) is 1.61. The van der Waals surface area contributed by atoms with Crippen molar-refractivity contribution in [3.05, 3.63) is 64.2 Å². The van der Waals surface area contributed by atoms with Crippen LogP contribution in [0.15, 0.2) is 42.5 Å². The van der Waals surface area contributed by atoms with Crippen molar-refractivity contribution >= 4 is 29.2 Å². The molecule has 0 unspecified atom stereocenters. The Morgan fingerprint density at radius 2 is 2.00 bits per heavy atom. The molecule has 0 aliphatic rings. The van der Waals surface area contributed by atoms with Crippen LogP contribution in [0.2, 0.25) is 5.02 Å². The lowest BCUT2D eigenvalue weighted by atomic mass is 10.0. The van der Waals surface area contributed by atoms with Crippen LogP contribution in [0.3, 0.4) is 0 Å². The number of aryl methyl sites for hydroxylation is 1. The molecule has 21 heavy (non-hydrogen) atoms. The number of carbonyl (C=O) groups is 1. The zero-order chi connectivity index (χ0) is 15.4. The van der Waals surface area contributed by atoms with Crippen LogP contribution in [0, 0.1) is 6.92 Å². The van der Waals surface area contributed by atoms with Crippen molar-refractivity contribution in [2.75, 3.05) is 7.11 Å². The Bertz CT molecular complexity index is 705. The normalized spacial score (nSPS) is 11.3. The van der Waals surface area contributed by atoms with Crippen LogP contribution in [0.4, 0.5) is 0 Å². The van der Waals surface area contributed by atoms with Gasteiger partial charge in [0.2, 0.25) is 0 Å². The Morgan fingerprint density at radius 3 is 2.57 bits per heavy atom. The van der Waals surface area contributed by atoms with Crippen LogP contribution >= 0.6 is 11.6 Å². The molecule has 0 spiro atoms. The van der Waals surface area contributed by atoms with Crippen molar-refractivity contribution in [1.29, 1.82) is 0 Å². The fourth-order valence-electron chi connectivity index (χ4n) is 2.08. The number of halogens is 1. The molecule has 0 aliphatic heterocycles. The number of aliphatic carboxylic acids is 1. The van der Waals surface area contributed by atoms with E-state index in [2.05, 4.69) is 0 Å². The van der Waals surface area contributed by atoms with E-state index < -0.39 is 5.97 Å². The van der Waals surface area contributed by atoms with E-state index in [1.807, 2.05) is 13.0 Å².